The van der Waals surface area contributed by atoms with Crippen LogP contribution in [0.2, 0.25) is 0 Å². The van der Waals surface area contributed by atoms with Crippen molar-refractivity contribution in [3.05, 3.63) is 27.1 Å². The Morgan fingerprint density at radius 2 is 2.08 bits per heavy atom. The van der Waals surface area contributed by atoms with Crippen LogP contribution < -0.4 is 9.64 Å². The molecule has 1 aliphatic heterocycles. The van der Waals surface area contributed by atoms with Crippen LogP contribution in [0.15, 0.2) is 27.1 Å². The van der Waals surface area contributed by atoms with E-state index in [1.165, 1.54) is 4.90 Å². The van der Waals surface area contributed by atoms with Gasteiger partial charge in [0.25, 0.3) is 0 Å². The van der Waals surface area contributed by atoms with Crippen molar-refractivity contribution in [2.75, 3.05) is 32.8 Å². The van der Waals surface area contributed by atoms with E-state index < -0.39 is 6.10 Å². The molecule has 1 heterocycles. The third kappa shape index (κ3) is 6.02. The molecule has 0 saturated carbocycles. The van der Waals surface area contributed by atoms with E-state index in [0.717, 1.165) is 34.9 Å². The number of likely N-dealkylation sites (tertiary alicyclic amines) is 1. The van der Waals surface area contributed by atoms with Crippen molar-refractivity contribution in [2.24, 2.45) is 5.92 Å². The van der Waals surface area contributed by atoms with Gasteiger partial charge < -0.3 is 19.5 Å². The number of benzene rings is 1. The molecule has 1 fully saturated rings. The van der Waals surface area contributed by atoms with Crippen LogP contribution in [0.1, 0.15) is 19.8 Å². The first kappa shape index (κ1) is 19.7. The highest BCUT2D eigenvalue weighted by atomic mass is 79.9. The van der Waals surface area contributed by atoms with Gasteiger partial charge in [-0.2, -0.15) is 0 Å². The maximum absolute atomic E-state index is 11.7. The zero-order chi connectivity index (χ0) is 17.5. The number of nitrogens with one attached hydrogen (secondary N) is 1. The minimum atomic E-state index is -0.533. The third-order valence-corrected chi connectivity index (χ3v) is 5.28. The Labute approximate surface area is 159 Å². The fraction of sp³-hybridized carbons (Fsp3) is 0.588. The van der Waals surface area contributed by atoms with Gasteiger partial charge in [-0.25, -0.2) is 0 Å². The number of hydrogen-bond acceptors (Lipinski definition) is 4. The average molecular weight is 466 g/mol. The quantitative estimate of drug-likeness (QED) is 0.603. The van der Waals surface area contributed by atoms with Gasteiger partial charge in [0.1, 0.15) is 25.0 Å². The van der Waals surface area contributed by atoms with Crippen LogP contribution in [0.4, 0.5) is 0 Å². The maximum Gasteiger partial charge on any atom is 0.309 e. The zero-order valence-electron chi connectivity index (χ0n) is 13.8. The summed E-state index contributed by atoms with van der Waals surface area (Å²) in [5, 5.41) is 10.2. The SMILES string of the molecule is CCOC(=O)C1CC[NH+](C[C@@H](O)COc2ccc(Br)cc2Br)CC1. The van der Waals surface area contributed by atoms with E-state index in [2.05, 4.69) is 31.9 Å². The van der Waals surface area contributed by atoms with Gasteiger partial charge in [0.2, 0.25) is 0 Å². The fourth-order valence-electron chi connectivity index (χ4n) is 2.90. The number of carbonyl (C=O) groups is 1. The minimum absolute atomic E-state index is 0.0146. The Morgan fingerprint density at radius 3 is 2.71 bits per heavy atom. The monoisotopic (exact) mass is 464 g/mol. The molecule has 24 heavy (non-hydrogen) atoms. The topological polar surface area (TPSA) is 60.2 Å². The Bertz CT molecular complexity index is 547. The number of ether oxygens (including phenoxy) is 2. The molecule has 0 spiro atoms. The number of aliphatic hydroxyl groups excluding tert-OH is 1. The van der Waals surface area contributed by atoms with Crippen LogP contribution in [0.3, 0.4) is 0 Å². The molecule has 0 unspecified atom stereocenters. The summed E-state index contributed by atoms with van der Waals surface area (Å²) in [6, 6.07) is 5.67. The summed E-state index contributed by atoms with van der Waals surface area (Å²) in [5.74, 6) is 0.648. The standard InChI is InChI=1S/C17H23Br2NO4/c1-2-23-17(22)12-5-7-20(8-6-12)10-14(21)11-24-16-4-3-13(18)9-15(16)19/h3-4,9,12,14,21H,2,5-8,10-11H2,1H3/p+1/t14-/m1/s1. The Hall–Kier alpha value is -0.630. The smallest absolute Gasteiger partial charge is 0.309 e. The van der Waals surface area contributed by atoms with E-state index in [0.29, 0.717) is 18.9 Å². The predicted octanol–water partition coefficient (Wildman–Crippen LogP) is 1.81. The van der Waals surface area contributed by atoms with Crippen molar-refractivity contribution in [2.45, 2.75) is 25.9 Å². The second-order valence-electron chi connectivity index (χ2n) is 6.02. The molecule has 134 valence electrons. The summed E-state index contributed by atoms with van der Waals surface area (Å²) in [4.78, 5) is 13.0. The molecule has 0 radical (unpaired) electrons. The molecular formula is C17H24Br2NO4+. The first-order chi connectivity index (χ1) is 11.5. The number of hydrogen-bond donors (Lipinski definition) is 2. The van der Waals surface area contributed by atoms with Crippen molar-refractivity contribution in [1.82, 2.24) is 0 Å². The van der Waals surface area contributed by atoms with Gasteiger partial charge in [-0.05, 0) is 41.1 Å². The third-order valence-electron chi connectivity index (χ3n) is 4.16. The van der Waals surface area contributed by atoms with Crippen LogP contribution >= 0.6 is 31.9 Å². The number of quaternary nitrogens is 1. The molecule has 1 aliphatic rings. The van der Waals surface area contributed by atoms with Gasteiger partial charge in [-0.3, -0.25) is 4.79 Å². The van der Waals surface area contributed by atoms with Crippen molar-refractivity contribution in [3.63, 3.8) is 0 Å². The number of aliphatic hydroxyl groups is 1. The van der Waals surface area contributed by atoms with Crippen molar-refractivity contribution < 1.29 is 24.3 Å². The lowest BCUT2D eigenvalue weighted by atomic mass is 9.97. The average Bonchev–Trinajstić information content (AvgIpc) is 2.55. The molecule has 0 aliphatic carbocycles. The van der Waals surface area contributed by atoms with Gasteiger partial charge in [0.05, 0.1) is 30.1 Å². The molecule has 1 aromatic rings. The molecule has 1 aromatic carbocycles. The molecule has 2 rings (SSSR count). The van der Waals surface area contributed by atoms with Crippen LogP contribution in [0.25, 0.3) is 0 Å². The van der Waals surface area contributed by atoms with Crippen LogP contribution in [0.5, 0.6) is 5.75 Å². The minimum Gasteiger partial charge on any atom is -0.489 e. The Morgan fingerprint density at radius 1 is 1.38 bits per heavy atom. The number of piperidine rings is 1. The summed E-state index contributed by atoms with van der Waals surface area (Å²) in [5.41, 5.74) is 0. The highest BCUT2D eigenvalue weighted by Gasteiger charge is 2.29. The normalized spacial score (nSPS) is 22.0. The van der Waals surface area contributed by atoms with Crippen LogP contribution in [-0.4, -0.2) is 50.0 Å². The van der Waals surface area contributed by atoms with E-state index in [4.69, 9.17) is 9.47 Å². The maximum atomic E-state index is 11.7. The lowest BCUT2D eigenvalue weighted by Crippen LogP contribution is -3.14. The highest BCUT2D eigenvalue weighted by Crippen LogP contribution is 2.28. The molecule has 1 atom stereocenters. The highest BCUT2D eigenvalue weighted by molar-refractivity contribution is 9.11. The van der Waals surface area contributed by atoms with E-state index in [9.17, 15) is 9.90 Å². The second kappa shape index (κ2) is 9.75. The number of carbonyl (C=O) groups excluding carboxylic acids is 1. The summed E-state index contributed by atoms with van der Waals surface area (Å²) >= 11 is 6.84. The lowest BCUT2D eigenvalue weighted by molar-refractivity contribution is -0.908. The zero-order valence-corrected chi connectivity index (χ0v) is 16.9. The molecule has 5 nitrogen and oxygen atoms in total. The van der Waals surface area contributed by atoms with Gasteiger partial charge >= 0.3 is 5.97 Å². The number of halogens is 2. The number of rotatable bonds is 7. The first-order valence-corrected chi connectivity index (χ1v) is 9.84. The first-order valence-electron chi connectivity index (χ1n) is 8.25. The van der Waals surface area contributed by atoms with Crippen molar-refractivity contribution >= 4 is 37.8 Å². The molecular weight excluding hydrogens is 442 g/mol. The molecule has 0 bridgehead atoms. The lowest BCUT2D eigenvalue weighted by Gasteiger charge is -2.29. The predicted molar refractivity (Wildman–Crippen MR) is 98.3 cm³/mol. The molecule has 7 heteroatoms. The van der Waals surface area contributed by atoms with Gasteiger partial charge in [0.15, 0.2) is 0 Å². The van der Waals surface area contributed by atoms with E-state index in [1.807, 2.05) is 25.1 Å². The summed E-state index contributed by atoms with van der Waals surface area (Å²) in [6.07, 6.45) is 1.11. The molecule has 0 aromatic heterocycles. The Kier molecular flexibility index (Phi) is 8.00. The number of esters is 1. The summed E-state index contributed by atoms with van der Waals surface area (Å²) in [7, 11) is 0. The van der Waals surface area contributed by atoms with E-state index in [-0.39, 0.29) is 18.5 Å². The largest absolute Gasteiger partial charge is 0.489 e. The molecule has 0 amide bonds. The second-order valence-corrected chi connectivity index (χ2v) is 7.79. The van der Waals surface area contributed by atoms with E-state index in [1.54, 1.807) is 0 Å². The van der Waals surface area contributed by atoms with Gasteiger partial charge in [-0.15, -0.1) is 0 Å². The Balaban J connectivity index is 1.71. The van der Waals surface area contributed by atoms with Crippen molar-refractivity contribution in [3.8, 4) is 5.75 Å². The van der Waals surface area contributed by atoms with Crippen LogP contribution in [0, 0.1) is 5.92 Å². The molecule has 1 saturated heterocycles. The fourth-order valence-corrected chi connectivity index (χ4v) is 4.06. The van der Waals surface area contributed by atoms with Gasteiger partial charge in [0, 0.05) is 17.3 Å². The van der Waals surface area contributed by atoms with E-state index >= 15 is 0 Å². The summed E-state index contributed by atoms with van der Waals surface area (Å²) in [6.45, 7) is 4.91. The van der Waals surface area contributed by atoms with Crippen molar-refractivity contribution in [1.29, 1.82) is 0 Å². The molecule has 2 N–H and O–H groups in total. The summed E-state index contributed by atoms with van der Waals surface area (Å²) < 4.78 is 12.6. The van der Waals surface area contributed by atoms with Crippen LogP contribution in [-0.2, 0) is 9.53 Å². The van der Waals surface area contributed by atoms with Gasteiger partial charge in [-0.1, -0.05) is 15.9 Å².